The Morgan fingerprint density at radius 3 is 2.40 bits per heavy atom. The van der Waals surface area contributed by atoms with Gasteiger partial charge in [-0.25, -0.2) is 12.8 Å². The van der Waals surface area contributed by atoms with Crippen molar-refractivity contribution in [2.45, 2.75) is 18.2 Å². The number of sulfonamides is 1. The number of halogens is 1. The van der Waals surface area contributed by atoms with Crippen molar-refractivity contribution in [2.75, 3.05) is 17.1 Å². The third-order valence-electron chi connectivity index (χ3n) is 4.49. The third kappa shape index (κ3) is 4.60. The molecule has 0 fully saturated rings. The maximum atomic E-state index is 13.9. The van der Waals surface area contributed by atoms with Crippen LogP contribution < -0.4 is 14.8 Å². The Balaban J connectivity index is 1.93. The van der Waals surface area contributed by atoms with Gasteiger partial charge in [-0.15, -0.1) is 0 Å². The van der Waals surface area contributed by atoms with Crippen LogP contribution in [0.1, 0.15) is 22.8 Å². The van der Waals surface area contributed by atoms with Crippen molar-refractivity contribution < 1.29 is 22.3 Å². The summed E-state index contributed by atoms with van der Waals surface area (Å²) in [7, 11) is -2.55. The van der Waals surface area contributed by atoms with Gasteiger partial charge < -0.3 is 10.1 Å². The number of hydrogen-bond acceptors (Lipinski definition) is 4. The highest BCUT2D eigenvalue weighted by Gasteiger charge is 2.20. The van der Waals surface area contributed by atoms with Gasteiger partial charge in [-0.3, -0.25) is 9.52 Å². The number of aryl methyl sites for hydroxylation is 1. The van der Waals surface area contributed by atoms with E-state index >= 15 is 0 Å². The van der Waals surface area contributed by atoms with E-state index in [0.29, 0.717) is 12.1 Å². The van der Waals surface area contributed by atoms with Crippen LogP contribution in [0.3, 0.4) is 0 Å². The van der Waals surface area contributed by atoms with Crippen molar-refractivity contribution in [3.63, 3.8) is 0 Å². The molecule has 2 N–H and O–H groups in total. The van der Waals surface area contributed by atoms with E-state index in [2.05, 4.69) is 10.0 Å². The van der Waals surface area contributed by atoms with Crippen molar-refractivity contribution in [2.24, 2.45) is 0 Å². The molecule has 3 rings (SSSR count). The number of hydrogen-bond donors (Lipinski definition) is 2. The van der Waals surface area contributed by atoms with Crippen LogP contribution in [0.2, 0.25) is 0 Å². The molecule has 0 aromatic heterocycles. The number of ether oxygens (including phenoxy) is 1. The minimum atomic E-state index is -3.93. The van der Waals surface area contributed by atoms with Crippen LogP contribution >= 0.6 is 0 Å². The average molecular weight is 428 g/mol. The van der Waals surface area contributed by atoms with Gasteiger partial charge in [0.15, 0.2) is 0 Å². The second kappa shape index (κ2) is 8.96. The number of rotatable bonds is 7. The number of nitrogens with one attached hydrogen (secondary N) is 2. The molecule has 0 heterocycles. The Morgan fingerprint density at radius 1 is 1.00 bits per heavy atom. The molecule has 0 spiro atoms. The van der Waals surface area contributed by atoms with Gasteiger partial charge in [0.25, 0.3) is 15.9 Å². The van der Waals surface area contributed by atoms with Crippen molar-refractivity contribution in [1.82, 2.24) is 0 Å². The summed E-state index contributed by atoms with van der Waals surface area (Å²) in [5, 5.41) is 2.52. The number of anilines is 2. The Morgan fingerprint density at radius 2 is 1.70 bits per heavy atom. The van der Waals surface area contributed by atoms with E-state index in [0.717, 1.165) is 5.56 Å². The average Bonchev–Trinajstić information content (AvgIpc) is 2.74. The van der Waals surface area contributed by atoms with E-state index in [1.165, 1.54) is 49.6 Å². The molecule has 156 valence electrons. The van der Waals surface area contributed by atoms with Crippen LogP contribution in [0.25, 0.3) is 0 Å². The van der Waals surface area contributed by atoms with Crippen LogP contribution in [0.4, 0.5) is 15.8 Å². The fraction of sp³-hybridized carbons (Fsp3) is 0.136. The van der Waals surface area contributed by atoms with Gasteiger partial charge in [-0.2, -0.15) is 0 Å². The highest BCUT2D eigenvalue weighted by molar-refractivity contribution is 7.92. The number of carbonyl (C=O) groups is 1. The van der Waals surface area contributed by atoms with Gasteiger partial charge in [-0.1, -0.05) is 37.3 Å². The number of methoxy groups -OCH3 is 1. The van der Waals surface area contributed by atoms with Gasteiger partial charge in [0.2, 0.25) is 0 Å². The number of amides is 1. The molecule has 0 saturated carbocycles. The summed E-state index contributed by atoms with van der Waals surface area (Å²) >= 11 is 0. The van der Waals surface area contributed by atoms with E-state index in [4.69, 9.17) is 4.74 Å². The lowest BCUT2D eigenvalue weighted by Gasteiger charge is -2.15. The Kier molecular flexibility index (Phi) is 6.37. The normalized spacial score (nSPS) is 11.0. The molecule has 0 bridgehead atoms. The van der Waals surface area contributed by atoms with Crippen molar-refractivity contribution >= 4 is 27.3 Å². The molecule has 0 aliphatic heterocycles. The molecule has 0 radical (unpaired) electrons. The highest BCUT2D eigenvalue weighted by atomic mass is 32.2. The minimum absolute atomic E-state index is 0.0713. The maximum absolute atomic E-state index is 13.9. The Hall–Kier alpha value is -3.39. The lowest BCUT2D eigenvalue weighted by molar-refractivity contribution is 0.102. The molecule has 0 unspecified atom stereocenters. The zero-order valence-corrected chi connectivity index (χ0v) is 17.3. The molecule has 30 heavy (non-hydrogen) atoms. The monoisotopic (exact) mass is 428 g/mol. The van der Waals surface area contributed by atoms with E-state index in [1.54, 1.807) is 12.1 Å². The molecule has 8 heteroatoms. The van der Waals surface area contributed by atoms with Crippen molar-refractivity contribution in [3.8, 4) is 5.75 Å². The van der Waals surface area contributed by atoms with Crippen molar-refractivity contribution in [3.05, 3.63) is 83.7 Å². The zero-order valence-electron chi connectivity index (χ0n) is 16.5. The summed E-state index contributed by atoms with van der Waals surface area (Å²) < 4.78 is 47.5. The second-order valence-corrected chi connectivity index (χ2v) is 8.09. The van der Waals surface area contributed by atoms with E-state index in [9.17, 15) is 17.6 Å². The Bertz CT molecular complexity index is 1180. The Labute approximate surface area is 174 Å². The minimum Gasteiger partial charge on any atom is -0.495 e. The molecule has 1 amide bonds. The topological polar surface area (TPSA) is 84.5 Å². The molecule has 0 saturated heterocycles. The van der Waals surface area contributed by atoms with Gasteiger partial charge in [0.1, 0.15) is 11.6 Å². The summed E-state index contributed by atoms with van der Waals surface area (Å²) in [5.74, 6) is -1.16. The van der Waals surface area contributed by atoms with Crippen LogP contribution in [-0.2, 0) is 16.4 Å². The lowest BCUT2D eigenvalue weighted by atomic mass is 10.1. The smallest absolute Gasteiger partial charge is 0.261 e. The first-order chi connectivity index (χ1) is 14.4. The first kappa shape index (κ1) is 21.3. The summed E-state index contributed by atoms with van der Waals surface area (Å²) in [4.78, 5) is 12.4. The quantitative estimate of drug-likeness (QED) is 0.582. The standard InChI is InChI=1S/C22H21FN2O4S/c1-3-15-8-4-7-11-19(15)25-30(27,28)16-12-13-21(29-2)20(14-16)24-22(26)17-9-5-6-10-18(17)23/h4-14,25H,3H2,1-2H3,(H,24,26). The molecular formula is C22H21FN2O4S. The van der Waals surface area contributed by atoms with Gasteiger partial charge in [0, 0.05) is 0 Å². The number of para-hydroxylation sites is 1. The van der Waals surface area contributed by atoms with Crippen LogP contribution in [0.15, 0.2) is 71.6 Å². The third-order valence-corrected chi connectivity index (χ3v) is 5.85. The number of benzene rings is 3. The van der Waals surface area contributed by atoms with Gasteiger partial charge in [0.05, 0.1) is 28.9 Å². The largest absolute Gasteiger partial charge is 0.495 e. The first-order valence-electron chi connectivity index (χ1n) is 9.20. The summed E-state index contributed by atoms with van der Waals surface area (Å²) in [5.41, 5.74) is 1.27. The van der Waals surface area contributed by atoms with E-state index in [1.807, 2.05) is 19.1 Å². The zero-order chi connectivity index (χ0) is 21.7. The molecule has 3 aromatic carbocycles. The van der Waals surface area contributed by atoms with Gasteiger partial charge in [-0.05, 0) is 48.4 Å². The predicted octanol–water partition coefficient (Wildman–Crippen LogP) is 4.45. The molecule has 0 atom stereocenters. The predicted molar refractivity (Wildman–Crippen MR) is 114 cm³/mol. The van der Waals surface area contributed by atoms with E-state index in [-0.39, 0.29) is 21.9 Å². The summed E-state index contributed by atoms with van der Waals surface area (Å²) in [6, 6.07) is 16.7. The van der Waals surface area contributed by atoms with Crippen LogP contribution in [0, 0.1) is 5.82 Å². The fourth-order valence-electron chi connectivity index (χ4n) is 2.92. The highest BCUT2D eigenvalue weighted by Crippen LogP contribution is 2.29. The van der Waals surface area contributed by atoms with Gasteiger partial charge >= 0.3 is 0 Å². The second-order valence-electron chi connectivity index (χ2n) is 6.41. The van der Waals surface area contributed by atoms with Crippen LogP contribution in [-0.4, -0.2) is 21.4 Å². The van der Waals surface area contributed by atoms with E-state index < -0.39 is 21.7 Å². The van der Waals surface area contributed by atoms with Crippen LogP contribution in [0.5, 0.6) is 5.75 Å². The SMILES string of the molecule is CCc1ccccc1NS(=O)(=O)c1ccc(OC)c(NC(=O)c2ccccc2F)c1. The molecule has 3 aromatic rings. The fourth-order valence-corrected chi connectivity index (χ4v) is 4.05. The van der Waals surface area contributed by atoms with Crippen molar-refractivity contribution in [1.29, 1.82) is 0 Å². The summed E-state index contributed by atoms with van der Waals surface area (Å²) in [6.45, 7) is 1.93. The maximum Gasteiger partial charge on any atom is 0.261 e. The molecule has 6 nitrogen and oxygen atoms in total. The first-order valence-corrected chi connectivity index (χ1v) is 10.7. The summed E-state index contributed by atoms with van der Waals surface area (Å²) in [6.07, 6.45) is 0.658. The number of carbonyl (C=O) groups excluding carboxylic acids is 1. The molecule has 0 aliphatic rings. The lowest BCUT2D eigenvalue weighted by Crippen LogP contribution is -2.17. The molecular weight excluding hydrogens is 407 g/mol. The molecule has 0 aliphatic carbocycles.